The molecule has 6 nitrogen and oxygen atoms in total. The third kappa shape index (κ3) is 5.16. The van der Waals surface area contributed by atoms with Crippen molar-refractivity contribution in [1.82, 2.24) is 15.1 Å². The first-order valence-electron chi connectivity index (χ1n) is 7.22. The van der Waals surface area contributed by atoms with E-state index in [0.29, 0.717) is 19.0 Å². The van der Waals surface area contributed by atoms with Crippen molar-refractivity contribution in [1.29, 1.82) is 0 Å². The van der Waals surface area contributed by atoms with Gasteiger partial charge in [0.1, 0.15) is 0 Å². The molecule has 2 aromatic rings. The summed E-state index contributed by atoms with van der Waals surface area (Å²) in [5, 5.41) is 9.91. The van der Waals surface area contributed by atoms with Crippen LogP contribution in [0.3, 0.4) is 0 Å². The van der Waals surface area contributed by atoms with Gasteiger partial charge in [0.15, 0.2) is 5.82 Å². The van der Waals surface area contributed by atoms with Crippen LogP contribution in [0.15, 0.2) is 24.4 Å². The number of aryl methyl sites for hydroxylation is 1. The molecule has 0 radical (unpaired) electrons. The molecule has 1 atom stereocenters. The third-order valence-corrected chi connectivity index (χ3v) is 4.11. The van der Waals surface area contributed by atoms with Gasteiger partial charge in [-0.15, -0.1) is 11.3 Å². The van der Waals surface area contributed by atoms with Crippen molar-refractivity contribution in [2.24, 2.45) is 0 Å². The molecular formula is C15H22N4O2S. The summed E-state index contributed by atoms with van der Waals surface area (Å²) in [6.45, 7) is 5.32. The smallest absolute Gasteiger partial charge is 0.320 e. The zero-order chi connectivity index (χ0) is 15.9. The van der Waals surface area contributed by atoms with Crippen LogP contribution in [0.25, 0.3) is 0 Å². The number of anilines is 1. The minimum absolute atomic E-state index is 0.0635. The summed E-state index contributed by atoms with van der Waals surface area (Å²) in [7, 11) is 1.65. The van der Waals surface area contributed by atoms with Gasteiger partial charge in [-0.3, -0.25) is 10.00 Å². The first-order valence-corrected chi connectivity index (χ1v) is 8.03. The van der Waals surface area contributed by atoms with E-state index in [1.807, 2.05) is 13.1 Å². The van der Waals surface area contributed by atoms with E-state index >= 15 is 0 Å². The van der Waals surface area contributed by atoms with Crippen molar-refractivity contribution >= 4 is 23.2 Å². The molecular weight excluding hydrogens is 300 g/mol. The molecule has 0 spiro atoms. The van der Waals surface area contributed by atoms with E-state index in [1.165, 1.54) is 9.75 Å². The van der Waals surface area contributed by atoms with Crippen LogP contribution in [-0.4, -0.2) is 35.6 Å². The van der Waals surface area contributed by atoms with E-state index in [2.05, 4.69) is 34.8 Å². The normalized spacial score (nSPS) is 12.1. The second kappa shape index (κ2) is 7.95. The second-order valence-corrected chi connectivity index (χ2v) is 6.55. The molecule has 2 amide bonds. The number of hydrogen-bond donors (Lipinski definition) is 2. The minimum atomic E-state index is -0.238. The Hall–Kier alpha value is -1.86. The highest BCUT2D eigenvalue weighted by atomic mass is 32.1. The lowest BCUT2D eigenvalue weighted by atomic mass is 10.2. The Bertz CT molecular complexity index is 608. The highest BCUT2D eigenvalue weighted by Gasteiger charge is 2.10. The third-order valence-electron chi connectivity index (χ3n) is 3.09. The van der Waals surface area contributed by atoms with Crippen LogP contribution in [0.2, 0.25) is 0 Å². The van der Waals surface area contributed by atoms with Gasteiger partial charge in [-0.25, -0.2) is 4.79 Å². The van der Waals surface area contributed by atoms with Crippen LogP contribution < -0.4 is 10.6 Å². The highest BCUT2D eigenvalue weighted by Crippen LogP contribution is 2.16. The van der Waals surface area contributed by atoms with Gasteiger partial charge in [-0.05, 0) is 26.0 Å². The first-order chi connectivity index (χ1) is 10.6. The fourth-order valence-electron chi connectivity index (χ4n) is 2.06. The summed E-state index contributed by atoms with van der Waals surface area (Å²) in [5.74, 6) is 0.535. The number of nitrogens with one attached hydrogen (secondary N) is 2. The van der Waals surface area contributed by atoms with Crippen LogP contribution in [0.1, 0.15) is 16.7 Å². The molecule has 2 aromatic heterocycles. The summed E-state index contributed by atoms with van der Waals surface area (Å²) in [4.78, 5) is 14.5. The predicted octanol–water partition coefficient (Wildman–Crippen LogP) is 2.65. The Morgan fingerprint density at radius 3 is 2.95 bits per heavy atom. The number of urea groups is 1. The molecule has 7 heteroatoms. The molecule has 2 heterocycles. The number of aromatic nitrogens is 2. The van der Waals surface area contributed by atoms with Gasteiger partial charge in [0.25, 0.3) is 0 Å². The summed E-state index contributed by atoms with van der Waals surface area (Å²) in [6.07, 6.45) is 2.64. The fourth-order valence-corrected chi connectivity index (χ4v) is 3.08. The Balaban J connectivity index is 1.78. The molecule has 0 aliphatic rings. The summed E-state index contributed by atoms with van der Waals surface area (Å²) in [6, 6.07) is 5.79. The minimum Gasteiger partial charge on any atom is -0.383 e. The molecule has 0 saturated heterocycles. The zero-order valence-electron chi connectivity index (χ0n) is 13.1. The van der Waals surface area contributed by atoms with Crippen LogP contribution in [0.4, 0.5) is 10.6 Å². The van der Waals surface area contributed by atoms with E-state index in [9.17, 15) is 4.79 Å². The summed E-state index contributed by atoms with van der Waals surface area (Å²) < 4.78 is 6.72. The fraction of sp³-hybridized carbons (Fsp3) is 0.467. The number of amides is 2. The van der Waals surface area contributed by atoms with E-state index in [4.69, 9.17) is 4.74 Å². The number of ether oxygens (including phenoxy) is 1. The molecule has 0 bridgehead atoms. The summed E-state index contributed by atoms with van der Waals surface area (Å²) >= 11 is 1.76. The Morgan fingerprint density at radius 1 is 1.45 bits per heavy atom. The molecule has 0 aliphatic heterocycles. The van der Waals surface area contributed by atoms with Crippen molar-refractivity contribution in [3.8, 4) is 0 Å². The van der Waals surface area contributed by atoms with E-state index in [1.54, 1.807) is 29.2 Å². The maximum Gasteiger partial charge on any atom is 0.320 e. The topological polar surface area (TPSA) is 68.2 Å². The van der Waals surface area contributed by atoms with Gasteiger partial charge >= 0.3 is 6.03 Å². The largest absolute Gasteiger partial charge is 0.383 e. The van der Waals surface area contributed by atoms with Gasteiger partial charge in [0.05, 0.1) is 13.2 Å². The van der Waals surface area contributed by atoms with Crippen molar-refractivity contribution in [3.05, 3.63) is 34.2 Å². The van der Waals surface area contributed by atoms with Crippen molar-refractivity contribution in [2.75, 3.05) is 19.0 Å². The van der Waals surface area contributed by atoms with Gasteiger partial charge < -0.3 is 10.1 Å². The molecule has 22 heavy (non-hydrogen) atoms. The molecule has 0 aliphatic carbocycles. The standard InChI is InChI=1S/C15H22N4O2S/c1-11(10-13-5-4-12(2)22-13)16-15(20)17-14-6-7-19(18-14)8-9-21-3/h4-7,11H,8-10H2,1-3H3,(H2,16,17,18,20)/t11-/m0/s1. The van der Waals surface area contributed by atoms with E-state index in [0.717, 1.165) is 6.42 Å². The number of methoxy groups -OCH3 is 1. The lowest BCUT2D eigenvalue weighted by Gasteiger charge is -2.12. The molecule has 120 valence electrons. The Morgan fingerprint density at radius 2 is 2.27 bits per heavy atom. The SMILES string of the molecule is COCCn1ccc(NC(=O)N[C@@H](C)Cc2ccc(C)s2)n1. The predicted molar refractivity (Wildman–Crippen MR) is 88.5 cm³/mol. The van der Waals surface area contributed by atoms with Crippen molar-refractivity contribution in [3.63, 3.8) is 0 Å². The second-order valence-electron chi connectivity index (χ2n) is 5.17. The molecule has 0 aromatic carbocycles. The lowest BCUT2D eigenvalue weighted by Crippen LogP contribution is -2.37. The first kappa shape index (κ1) is 16.5. The molecule has 0 unspecified atom stereocenters. The zero-order valence-corrected chi connectivity index (χ0v) is 13.9. The number of hydrogen-bond acceptors (Lipinski definition) is 4. The molecule has 0 fully saturated rings. The average Bonchev–Trinajstić information content (AvgIpc) is 3.05. The number of thiophene rings is 1. The van der Waals surface area contributed by atoms with Gasteiger partial charge in [-0.1, -0.05) is 0 Å². The Labute approximate surface area is 134 Å². The maximum absolute atomic E-state index is 11.9. The number of rotatable bonds is 7. The average molecular weight is 322 g/mol. The molecule has 2 N–H and O–H groups in total. The number of nitrogens with zero attached hydrogens (tertiary/aromatic N) is 2. The van der Waals surface area contributed by atoms with Gasteiger partial charge in [0.2, 0.25) is 0 Å². The Kier molecular flexibility index (Phi) is 5.97. The quantitative estimate of drug-likeness (QED) is 0.823. The van der Waals surface area contributed by atoms with Crippen LogP contribution in [0, 0.1) is 6.92 Å². The van der Waals surface area contributed by atoms with Crippen LogP contribution in [-0.2, 0) is 17.7 Å². The van der Waals surface area contributed by atoms with Crippen molar-refractivity contribution in [2.45, 2.75) is 32.9 Å². The van der Waals surface area contributed by atoms with Crippen LogP contribution in [0.5, 0.6) is 0 Å². The van der Waals surface area contributed by atoms with E-state index < -0.39 is 0 Å². The molecule has 0 saturated carbocycles. The molecule has 2 rings (SSSR count). The lowest BCUT2D eigenvalue weighted by molar-refractivity contribution is 0.183. The van der Waals surface area contributed by atoms with Gasteiger partial charge in [-0.2, -0.15) is 5.10 Å². The number of carbonyl (C=O) groups excluding carboxylic acids is 1. The van der Waals surface area contributed by atoms with E-state index in [-0.39, 0.29) is 12.1 Å². The maximum atomic E-state index is 11.9. The van der Waals surface area contributed by atoms with Crippen LogP contribution >= 0.6 is 11.3 Å². The monoisotopic (exact) mass is 322 g/mol. The van der Waals surface area contributed by atoms with Gasteiger partial charge in [0, 0.05) is 41.6 Å². The highest BCUT2D eigenvalue weighted by molar-refractivity contribution is 7.11. The number of carbonyl (C=O) groups is 1. The summed E-state index contributed by atoms with van der Waals surface area (Å²) in [5.41, 5.74) is 0. The van der Waals surface area contributed by atoms with Crippen molar-refractivity contribution < 1.29 is 9.53 Å².